The first-order valence-corrected chi connectivity index (χ1v) is 6.29. The van der Waals surface area contributed by atoms with E-state index < -0.39 is 0 Å². The van der Waals surface area contributed by atoms with Crippen LogP contribution in [-0.2, 0) is 22.4 Å². The van der Waals surface area contributed by atoms with Gasteiger partial charge in [0.2, 0.25) is 0 Å². The minimum atomic E-state index is -0.199. The van der Waals surface area contributed by atoms with E-state index in [1.165, 1.54) is 4.88 Å². The summed E-state index contributed by atoms with van der Waals surface area (Å²) in [7, 11) is 0. The van der Waals surface area contributed by atoms with E-state index in [1.807, 2.05) is 29.6 Å². The summed E-state index contributed by atoms with van der Waals surface area (Å²) in [6, 6.07) is 7.72. The highest BCUT2D eigenvalue weighted by Gasteiger charge is 2.04. The molecule has 0 saturated heterocycles. The standard InChI is InChI=1S/C13H13NO2S/c15-13(9-11-3-1-6-14-10-11)16-7-5-12-4-2-8-17-12/h1-4,6,8,10H,5,7,9H2. The molecule has 0 saturated carbocycles. The molecule has 0 aromatic carbocycles. The molecule has 0 radical (unpaired) electrons. The zero-order valence-corrected chi connectivity index (χ0v) is 10.2. The molecule has 2 aromatic rings. The van der Waals surface area contributed by atoms with Gasteiger partial charge in [0.15, 0.2) is 0 Å². The van der Waals surface area contributed by atoms with Gasteiger partial charge in [-0.25, -0.2) is 0 Å². The van der Waals surface area contributed by atoms with Gasteiger partial charge in [0, 0.05) is 23.7 Å². The monoisotopic (exact) mass is 247 g/mol. The lowest BCUT2D eigenvalue weighted by Crippen LogP contribution is -2.10. The fourth-order valence-electron chi connectivity index (χ4n) is 1.44. The fourth-order valence-corrected chi connectivity index (χ4v) is 2.13. The van der Waals surface area contributed by atoms with Crippen molar-refractivity contribution in [3.05, 3.63) is 52.5 Å². The lowest BCUT2D eigenvalue weighted by Gasteiger charge is -2.03. The van der Waals surface area contributed by atoms with Crippen molar-refractivity contribution in [3.8, 4) is 0 Å². The maximum atomic E-state index is 11.5. The molecule has 0 aliphatic carbocycles. The molecule has 2 heterocycles. The normalized spacial score (nSPS) is 10.1. The van der Waals surface area contributed by atoms with Crippen molar-refractivity contribution in [3.63, 3.8) is 0 Å². The van der Waals surface area contributed by atoms with E-state index in [2.05, 4.69) is 4.98 Å². The van der Waals surface area contributed by atoms with Crippen LogP contribution in [0.1, 0.15) is 10.4 Å². The van der Waals surface area contributed by atoms with Crippen molar-refractivity contribution >= 4 is 17.3 Å². The van der Waals surface area contributed by atoms with Gasteiger partial charge in [0.25, 0.3) is 0 Å². The Bertz CT molecular complexity index is 454. The summed E-state index contributed by atoms with van der Waals surface area (Å²) in [4.78, 5) is 16.7. The van der Waals surface area contributed by atoms with Gasteiger partial charge >= 0.3 is 5.97 Å². The third-order valence-corrected chi connectivity index (χ3v) is 3.20. The van der Waals surface area contributed by atoms with Crippen LogP contribution in [0, 0.1) is 0 Å². The number of pyridine rings is 1. The molecule has 0 aliphatic rings. The van der Waals surface area contributed by atoms with E-state index in [0.29, 0.717) is 6.61 Å². The van der Waals surface area contributed by atoms with Crippen LogP contribution in [0.5, 0.6) is 0 Å². The largest absolute Gasteiger partial charge is 0.465 e. The number of nitrogens with zero attached hydrogens (tertiary/aromatic N) is 1. The van der Waals surface area contributed by atoms with Crippen molar-refractivity contribution < 1.29 is 9.53 Å². The number of ether oxygens (including phenoxy) is 1. The highest BCUT2D eigenvalue weighted by molar-refractivity contribution is 7.09. The molecule has 88 valence electrons. The van der Waals surface area contributed by atoms with Crippen LogP contribution in [0.3, 0.4) is 0 Å². The highest BCUT2D eigenvalue weighted by Crippen LogP contribution is 2.09. The number of thiophene rings is 1. The second-order valence-electron chi connectivity index (χ2n) is 3.59. The third-order valence-electron chi connectivity index (χ3n) is 2.26. The lowest BCUT2D eigenvalue weighted by molar-refractivity contribution is -0.142. The van der Waals surface area contributed by atoms with Crippen molar-refractivity contribution in [2.75, 3.05) is 6.61 Å². The summed E-state index contributed by atoms with van der Waals surface area (Å²) in [5, 5.41) is 2.02. The zero-order chi connectivity index (χ0) is 11.9. The summed E-state index contributed by atoms with van der Waals surface area (Å²) >= 11 is 1.68. The SMILES string of the molecule is O=C(Cc1cccnc1)OCCc1cccs1. The van der Waals surface area contributed by atoms with Crippen molar-refractivity contribution in [1.82, 2.24) is 4.98 Å². The first-order valence-electron chi connectivity index (χ1n) is 5.41. The summed E-state index contributed by atoms with van der Waals surface area (Å²) in [6.45, 7) is 0.444. The maximum Gasteiger partial charge on any atom is 0.310 e. The maximum absolute atomic E-state index is 11.5. The van der Waals surface area contributed by atoms with Gasteiger partial charge in [-0.2, -0.15) is 0 Å². The summed E-state index contributed by atoms with van der Waals surface area (Å²) in [5.41, 5.74) is 0.883. The topological polar surface area (TPSA) is 39.2 Å². The van der Waals surface area contributed by atoms with Crippen LogP contribution in [0.2, 0.25) is 0 Å². The molecular weight excluding hydrogens is 234 g/mol. The third kappa shape index (κ3) is 4.00. The molecule has 0 bridgehead atoms. The zero-order valence-electron chi connectivity index (χ0n) is 9.33. The molecule has 0 aliphatic heterocycles. The molecule has 2 rings (SSSR count). The summed E-state index contributed by atoms with van der Waals surface area (Å²) < 4.78 is 5.16. The highest BCUT2D eigenvalue weighted by atomic mass is 32.1. The summed E-state index contributed by atoms with van der Waals surface area (Å²) in [5.74, 6) is -0.199. The van der Waals surface area contributed by atoms with Crippen molar-refractivity contribution in [2.24, 2.45) is 0 Å². The lowest BCUT2D eigenvalue weighted by atomic mass is 10.2. The van der Waals surface area contributed by atoms with Crippen molar-refractivity contribution in [2.45, 2.75) is 12.8 Å². The Balaban J connectivity index is 1.71. The first-order chi connectivity index (χ1) is 8.34. The van der Waals surface area contributed by atoms with Crippen LogP contribution in [0.4, 0.5) is 0 Å². The predicted molar refractivity (Wildman–Crippen MR) is 66.9 cm³/mol. The second-order valence-corrected chi connectivity index (χ2v) is 4.62. The number of rotatable bonds is 5. The minimum Gasteiger partial charge on any atom is -0.465 e. The van der Waals surface area contributed by atoms with Gasteiger partial charge in [0.05, 0.1) is 13.0 Å². The average molecular weight is 247 g/mol. The van der Waals surface area contributed by atoms with Crippen LogP contribution < -0.4 is 0 Å². The van der Waals surface area contributed by atoms with E-state index in [-0.39, 0.29) is 12.4 Å². The number of aromatic nitrogens is 1. The van der Waals surface area contributed by atoms with Crippen LogP contribution >= 0.6 is 11.3 Å². The number of carbonyl (C=O) groups is 1. The van der Waals surface area contributed by atoms with E-state index in [0.717, 1.165) is 12.0 Å². The van der Waals surface area contributed by atoms with Gasteiger partial charge < -0.3 is 4.74 Å². The summed E-state index contributed by atoms with van der Waals surface area (Å²) in [6.07, 6.45) is 4.45. The van der Waals surface area contributed by atoms with E-state index in [4.69, 9.17) is 4.74 Å². The predicted octanol–water partition coefficient (Wildman–Crippen LogP) is 2.47. The number of hydrogen-bond acceptors (Lipinski definition) is 4. The Kier molecular flexibility index (Phi) is 4.27. The molecule has 0 amide bonds. The Morgan fingerprint density at radius 2 is 2.29 bits per heavy atom. The van der Waals surface area contributed by atoms with E-state index in [9.17, 15) is 4.79 Å². The fraction of sp³-hybridized carbons (Fsp3) is 0.231. The van der Waals surface area contributed by atoms with Crippen LogP contribution in [0.15, 0.2) is 42.0 Å². The minimum absolute atomic E-state index is 0.199. The molecular formula is C13H13NO2S. The van der Waals surface area contributed by atoms with Crippen LogP contribution in [-0.4, -0.2) is 17.6 Å². The molecule has 0 fully saturated rings. The second kappa shape index (κ2) is 6.15. The first kappa shape index (κ1) is 11.8. The average Bonchev–Trinajstić information content (AvgIpc) is 2.83. The van der Waals surface area contributed by atoms with Gasteiger partial charge in [-0.15, -0.1) is 11.3 Å². The Hall–Kier alpha value is -1.68. The van der Waals surface area contributed by atoms with E-state index >= 15 is 0 Å². The number of carbonyl (C=O) groups excluding carboxylic acids is 1. The van der Waals surface area contributed by atoms with Gasteiger partial charge in [0.1, 0.15) is 0 Å². The molecule has 0 N–H and O–H groups in total. The van der Waals surface area contributed by atoms with Crippen LogP contribution in [0.25, 0.3) is 0 Å². The smallest absolute Gasteiger partial charge is 0.310 e. The Morgan fingerprint density at radius 1 is 1.35 bits per heavy atom. The molecule has 0 atom stereocenters. The number of hydrogen-bond donors (Lipinski definition) is 0. The molecule has 17 heavy (non-hydrogen) atoms. The van der Waals surface area contributed by atoms with Gasteiger partial charge in [-0.1, -0.05) is 12.1 Å². The molecule has 0 spiro atoms. The molecule has 4 heteroatoms. The molecule has 0 unspecified atom stereocenters. The molecule has 2 aromatic heterocycles. The van der Waals surface area contributed by atoms with Crippen molar-refractivity contribution in [1.29, 1.82) is 0 Å². The van der Waals surface area contributed by atoms with Gasteiger partial charge in [-0.3, -0.25) is 9.78 Å². The quantitative estimate of drug-likeness (QED) is 0.762. The van der Waals surface area contributed by atoms with Gasteiger partial charge in [-0.05, 0) is 23.1 Å². The van der Waals surface area contributed by atoms with E-state index in [1.54, 1.807) is 23.7 Å². The Morgan fingerprint density at radius 3 is 3.00 bits per heavy atom. The Labute approximate surface area is 104 Å². The number of esters is 1. The molecule has 3 nitrogen and oxygen atoms in total.